The molecule has 0 radical (unpaired) electrons. The van der Waals surface area contributed by atoms with Crippen molar-refractivity contribution < 1.29 is 18.6 Å². The topological polar surface area (TPSA) is 133 Å². The van der Waals surface area contributed by atoms with Crippen molar-refractivity contribution in [2.45, 2.75) is 17.2 Å². The van der Waals surface area contributed by atoms with Gasteiger partial charge in [0.05, 0.1) is 12.2 Å². The molecule has 0 amide bonds. The fourth-order valence-electron chi connectivity index (χ4n) is 2.37. The van der Waals surface area contributed by atoms with Gasteiger partial charge in [0.2, 0.25) is 5.03 Å². The average Bonchev–Trinajstić information content (AvgIpc) is 3.00. The second-order valence-corrected chi connectivity index (χ2v) is 6.65. The van der Waals surface area contributed by atoms with Gasteiger partial charge >= 0.3 is 0 Å². The van der Waals surface area contributed by atoms with E-state index in [1.807, 2.05) is 0 Å². The molecular formula is C11H15N5O4S. The number of nitrogen functional groups attached to an aromatic ring is 1. The number of nitrogens with zero attached hydrogens (tertiary/aromatic N) is 3. The number of hydrazine groups is 1. The van der Waals surface area contributed by atoms with Crippen LogP contribution in [-0.2, 0) is 10.0 Å². The largest absolute Gasteiger partial charge is 0.389 e. The molecule has 2 aromatic rings. The van der Waals surface area contributed by atoms with Crippen LogP contribution in [0.25, 0.3) is 5.65 Å². The van der Waals surface area contributed by atoms with E-state index in [2.05, 4.69) is 10.4 Å². The summed E-state index contributed by atoms with van der Waals surface area (Å²) in [5.41, 5.74) is 2.69. The fraction of sp³-hybridized carbons (Fsp3) is 0.364. The molecule has 1 aliphatic rings. The molecule has 9 nitrogen and oxygen atoms in total. The summed E-state index contributed by atoms with van der Waals surface area (Å²) in [4.78, 5) is 4.10. The van der Waals surface area contributed by atoms with Crippen molar-refractivity contribution in [1.82, 2.24) is 13.7 Å². The molecule has 114 valence electrons. The molecule has 21 heavy (non-hydrogen) atoms. The lowest BCUT2D eigenvalue weighted by Crippen LogP contribution is -2.31. The Bertz CT molecular complexity index is 764. The van der Waals surface area contributed by atoms with Crippen LogP contribution in [-0.4, -0.2) is 57.6 Å². The molecule has 1 fully saturated rings. The lowest BCUT2D eigenvalue weighted by molar-refractivity contribution is 0.0572. The minimum absolute atomic E-state index is 0.0112. The predicted octanol–water partition coefficient (Wildman–Crippen LogP) is -1.65. The number of hydrogen-bond donors (Lipinski definition) is 4. The Morgan fingerprint density at radius 3 is 2.57 bits per heavy atom. The average molecular weight is 313 g/mol. The molecule has 0 bridgehead atoms. The number of rotatable bonds is 3. The highest BCUT2D eigenvalue weighted by Gasteiger charge is 2.40. The van der Waals surface area contributed by atoms with Gasteiger partial charge in [-0.1, -0.05) is 6.07 Å². The van der Waals surface area contributed by atoms with Crippen molar-refractivity contribution in [2.24, 2.45) is 5.84 Å². The third-order valence-corrected chi connectivity index (χ3v) is 5.29. The maximum Gasteiger partial charge on any atom is 0.263 e. The molecule has 0 aliphatic carbocycles. The summed E-state index contributed by atoms with van der Waals surface area (Å²) in [5.74, 6) is 5.37. The van der Waals surface area contributed by atoms with Gasteiger partial charge < -0.3 is 15.6 Å². The molecular weight excluding hydrogens is 298 g/mol. The zero-order chi connectivity index (χ0) is 15.2. The van der Waals surface area contributed by atoms with E-state index in [9.17, 15) is 18.6 Å². The fourth-order valence-corrected chi connectivity index (χ4v) is 4.06. The van der Waals surface area contributed by atoms with E-state index in [-0.39, 0.29) is 23.9 Å². The van der Waals surface area contributed by atoms with Gasteiger partial charge in [0.1, 0.15) is 5.65 Å². The van der Waals surface area contributed by atoms with Gasteiger partial charge in [-0.05, 0) is 12.1 Å². The third-order valence-electron chi connectivity index (χ3n) is 3.43. The summed E-state index contributed by atoms with van der Waals surface area (Å²) in [5, 5.41) is 19.0. The number of pyridine rings is 1. The van der Waals surface area contributed by atoms with Crippen LogP contribution >= 0.6 is 0 Å². The van der Waals surface area contributed by atoms with Crippen LogP contribution in [0, 0.1) is 0 Å². The zero-order valence-corrected chi connectivity index (χ0v) is 11.7. The van der Waals surface area contributed by atoms with Crippen LogP contribution < -0.4 is 11.3 Å². The zero-order valence-electron chi connectivity index (χ0n) is 10.9. The Morgan fingerprint density at radius 2 is 1.95 bits per heavy atom. The first kappa shape index (κ1) is 14.2. The summed E-state index contributed by atoms with van der Waals surface area (Å²) >= 11 is 0. The summed E-state index contributed by atoms with van der Waals surface area (Å²) in [6.07, 6.45) is -0.652. The Balaban J connectivity index is 2.15. The number of hydrogen-bond acceptors (Lipinski definition) is 7. The number of fused-ring (bicyclic) bond motifs is 1. The van der Waals surface area contributed by atoms with E-state index in [0.717, 1.165) is 4.31 Å². The Labute approximate surface area is 120 Å². The molecule has 5 N–H and O–H groups in total. The minimum atomic E-state index is -3.96. The molecule has 2 atom stereocenters. The van der Waals surface area contributed by atoms with Gasteiger partial charge in [-0.2, -0.15) is 4.31 Å². The maximum absolute atomic E-state index is 12.7. The first-order valence-electron chi connectivity index (χ1n) is 6.25. The monoisotopic (exact) mass is 313 g/mol. The summed E-state index contributed by atoms with van der Waals surface area (Å²) in [7, 11) is -3.96. The highest BCUT2D eigenvalue weighted by molar-refractivity contribution is 7.89. The van der Waals surface area contributed by atoms with Crippen molar-refractivity contribution >= 4 is 21.5 Å². The lowest BCUT2D eigenvalue weighted by atomic mass is 10.3. The van der Waals surface area contributed by atoms with Crippen LogP contribution in [0.3, 0.4) is 0 Å². The quantitative estimate of drug-likeness (QED) is 0.394. The molecule has 2 aromatic heterocycles. The number of aromatic nitrogens is 2. The number of imidazole rings is 1. The minimum Gasteiger partial charge on any atom is -0.389 e. The molecule has 3 heterocycles. The van der Waals surface area contributed by atoms with Gasteiger partial charge in [0.25, 0.3) is 10.0 Å². The van der Waals surface area contributed by atoms with Gasteiger partial charge in [-0.3, -0.25) is 4.40 Å². The summed E-state index contributed by atoms with van der Waals surface area (Å²) in [6, 6.07) is 5.04. The number of nitrogens with one attached hydrogen (secondary N) is 1. The Kier molecular flexibility index (Phi) is 3.34. The number of sulfonamides is 1. The molecule has 2 unspecified atom stereocenters. The highest BCUT2D eigenvalue weighted by atomic mass is 32.2. The smallest absolute Gasteiger partial charge is 0.263 e. The first-order chi connectivity index (χ1) is 9.95. The molecule has 1 aliphatic heterocycles. The van der Waals surface area contributed by atoms with Crippen LogP contribution in [0.1, 0.15) is 0 Å². The second-order valence-electron chi connectivity index (χ2n) is 4.80. The van der Waals surface area contributed by atoms with E-state index in [1.165, 1.54) is 4.40 Å². The molecule has 1 saturated heterocycles. The first-order valence-corrected chi connectivity index (χ1v) is 7.69. The van der Waals surface area contributed by atoms with Crippen molar-refractivity contribution in [1.29, 1.82) is 0 Å². The van der Waals surface area contributed by atoms with Crippen LogP contribution in [0.5, 0.6) is 0 Å². The lowest BCUT2D eigenvalue weighted by Gasteiger charge is -2.16. The van der Waals surface area contributed by atoms with E-state index >= 15 is 0 Å². The van der Waals surface area contributed by atoms with Crippen molar-refractivity contribution in [2.75, 3.05) is 18.5 Å². The number of nitrogens with two attached hydrogens (primary N) is 1. The Hall–Kier alpha value is -1.72. The molecule has 0 aromatic carbocycles. The van der Waals surface area contributed by atoms with Crippen LogP contribution in [0.4, 0.5) is 5.82 Å². The van der Waals surface area contributed by atoms with Gasteiger partial charge in [-0.15, -0.1) is 0 Å². The van der Waals surface area contributed by atoms with E-state index < -0.39 is 22.2 Å². The normalized spacial score (nSPS) is 23.8. The van der Waals surface area contributed by atoms with Gasteiger partial charge in [0, 0.05) is 19.3 Å². The SMILES string of the molecule is NNc1nc2ccccn2c1S(=O)(=O)N1CC(O)C(O)C1. The van der Waals surface area contributed by atoms with Gasteiger partial charge in [0.15, 0.2) is 5.82 Å². The highest BCUT2D eigenvalue weighted by Crippen LogP contribution is 2.27. The number of β-amino-alcohol motifs (C(OH)–C–C–N with tert-alkyl or cyclic N) is 2. The van der Waals surface area contributed by atoms with Gasteiger partial charge in [-0.25, -0.2) is 19.2 Å². The van der Waals surface area contributed by atoms with Crippen LogP contribution in [0.15, 0.2) is 29.4 Å². The van der Waals surface area contributed by atoms with Crippen molar-refractivity contribution in [3.63, 3.8) is 0 Å². The molecule has 10 heteroatoms. The van der Waals surface area contributed by atoms with Crippen molar-refractivity contribution in [3.05, 3.63) is 24.4 Å². The number of aliphatic hydroxyl groups excluding tert-OH is 2. The predicted molar refractivity (Wildman–Crippen MR) is 73.8 cm³/mol. The third kappa shape index (κ3) is 2.17. The summed E-state index contributed by atoms with van der Waals surface area (Å²) < 4.78 is 27.9. The van der Waals surface area contributed by atoms with E-state index in [4.69, 9.17) is 5.84 Å². The number of anilines is 1. The van der Waals surface area contributed by atoms with E-state index in [1.54, 1.807) is 24.4 Å². The van der Waals surface area contributed by atoms with Crippen LogP contribution in [0.2, 0.25) is 0 Å². The van der Waals surface area contributed by atoms with Crippen molar-refractivity contribution in [3.8, 4) is 0 Å². The molecule has 0 saturated carbocycles. The second kappa shape index (κ2) is 4.93. The van der Waals surface area contributed by atoms with E-state index in [0.29, 0.717) is 5.65 Å². The molecule has 3 rings (SSSR count). The summed E-state index contributed by atoms with van der Waals surface area (Å²) in [6.45, 7) is -0.346. The number of aliphatic hydroxyl groups is 2. The maximum atomic E-state index is 12.7. The molecule has 0 spiro atoms. The Morgan fingerprint density at radius 1 is 1.29 bits per heavy atom. The standard InChI is InChI=1S/C11H15N5O4S/c12-14-10-11(16-4-2-1-3-9(16)13-10)21(19,20)15-5-7(17)8(18)6-15/h1-4,7-8,14,17-18H,5-6,12H2.